The van der Waals surface area contributed by atoms with Crippen LogP contribution in [0.3, 0.4) is 0 Å². The van der Waals surface area contributed by atoms with Gasteiger partial charge in [-0.15, -0.1) is 0 Å². The van der Waals surface area contributed by atoms with Crippen molar-refractivity contribution in [3.63, 3.8) is 0 Å². The first-order valence-corrected chi connectivity index (χ1v) is 2.92. The van der Waals surface area contributed by atoms with Gasteiger partial charge in [-0.05, 0) is 19.1 Å². The summed E-state index contributed by atoms with van der Waals surface area (Å²) in [6.45, 7) is 1.81. The van der Waals surface area contributed by atoms with E-state index in [1.54, 1.807) is 12.1 Å². The minimum atomic E-state index is 0.319. The minimum absolute atomic E-state index is 0.319. The van der Waals surface area contributed by atoms with Gasteiger partial charge in [0, 0.05) is 5.69 Å². The van der Waals surface area contributed by atoms with E-state index in [1.165, 1.54) is 0 Å². The van der Waals surface area contributed by atoms with Crippen LogP contribution in [-0.4, -0.2) is 11.3 Å². The summed E-state index contributed by atoms with van der Waals surface area (Å²) in [5, 5.41) is 0. The molecular formula is C7H8N2O. The van der Waals surface area contributed by atoms with E-state index in [0.29, 0.717) is 17.7 Å². The average Bonchev–Trinajstić information content (AvgIpc) is 1.94. The van der Waals surface area contributed by atoms with Crippen LogP contribution in [0.2, 0.25) is 0 Å². The van der Waals surface area contributed by atoms with Crippen molar-refractivity contribution in [2.75, 3.05) is 5.73 Å². The lowest BCUT2D eigenvalue weighted by Gasteiger charge is -1.96. The molecule has 3 nitrogen and oxygen atoms in total. The molecule has 52 valence electrons. The zero-order chi connectivity index (χ0) is 7.56. The Bertz CT molecular complexity index is 258. The Morgan fingerprint density at radius 2 is 2.30 bits per heavy atom. The van der Waals surface area contributed by atoms with Gasteiger partial charge in [-0.1, -0.05) is 0 Å². The zero-order valence-electron chi connectivity index (χ0n) is 5.66. The molecule has 0 aliphatic carbocycles. The molecule has 0 aromatic carbocycles. The van der Waals surface area contributed by atoms with Gasteiger partial charge < -0.3 is 5.73 Å². The molecule has 0 aliphatic rings. The first-order valence-electron chi connectivity index (χ1n) is 2.92. The van der Waals surface area contributed by atoms with Gasteiger partial charge in [0.15, 0.2) is 6.29 Å². The fourth-order valence-corrected chi connectivity index (χ4v) is 0.682. The summed E-state index contributed by atoms with van der Waals surface area (Å²) in [6, 6.07) is 3.44. The van der Waals surface area contributed by atoms with E-state index in [-0.39, 0.29) is 0 Å². The van der Waals surface area contributed by atoms with Crippen LogP contribution in [0, 0.1) is 6.92 Å². The maximum Gasteiger partial charge on any atom is 0.170 e. The van der Waals surface area contributed by atoms with E-state index in [9.17, 15) is 4.79 Å². The number of aryl methyl sites for hydroxylation is 1. The summed E-state index contributed by atoms with van der Waals surface area (Å²) >= 11 is 0. The van der Waals surface area contributed by atoms with Gasteiger partial charge >= 0.3 is 0 Å². The second-order valence-corrected chi connectivity index (χ2v) is 2.04. The predicted molar refractivity (Wildman–Crippen MR) is 38.8 cm³/mol. The number of hydrogen-bond acceptors (Lipinski definition) is 3. The molecule has 0 amide bonds. The van der Waals surface area contributed by atoms with E-state index in [4.69, 9.17) is 5.73 Å². The van der Waals surface area contributed by atoms with Crippen LogP contribution < -0.4 is 5.73 Å². The summed E-state index contributed by atoms with van der Waals surface area (Å²) in [4.78, 5) is 14.1. The number of aromatic nitrogens is 1. The molecule has 0 fully saturated rings. The Labute approximate surface area is 58.9 Å². The molecule has 1 heterocycles. The topological polar surface area (TPSA) is 56.0 Å². The van der Waals surface area contributed by atoms with Crippen LogP contribution >= 0.6 is 0 Å². The summed E-state index contributed by atoms with van der Waals surface area (Å²) < 4.78 is 0. The van der Waals surface area contributed by atoms with E-state index in [0.717, 1.165) is 5.69 Å². The molecule has 0 bridgehead atoms. The highest BCUT2D eigenvalue weighted by atomic mass is 16.1. The molecule has 0 saturated carbocycles. The molecule has 1 aromatic rings. The summed E-state index contributed by atoms with van der Waals surface area (Å²) in [5.74, 6) is 0. The number of rotatable bonds is 1. The zero-order valence-corrected chi connectivity index (χ0v) is 5.66. The van der Waals surface area contributed by atoms with Crippen LogP contribution in [-0.2, 0) is 0 Å². The lowest BCUT2D eigenvalue weighted by atomic mass is 10.3. The van der Waals surface area contributed by atoms with Gasteiger partial charge in [0.05, 0.1) is 5.69 Å². The van der Waals surface area contributed by atoms with Crippen LogP contribution in [0.1, 0.15) is 16.2 Å². The molecule has 0 radical (unpaired) electrons. The smallest absolute Gasteiger partial charge is 0.170 e. The van der Waals surface area contributed by atoms with Crippen molar-refractivity contribution in [2.24, 2.45) is 0 Å². The fraction of sp³-hybridized carbons (Fsp3) is 0.143. The largest absolute Gasteiger partial charge is 0.397 e. The minimum Gasteiger partial charge on any atom is -0.397 e. The Balaban J connectivity index is 3.21. The predicted octanol–water partition coefficient (Wildman–Crippen LogP) is 0.785. The van der Waals surface area contributed by atoms with Crippen molar-refractivity contribution >= 4 is 12.0 Å². The van der Waals surface area contributed by atoms with Crippen LogP contribution in [0.4, 0.5) is 5.69 Å². The van der Waals surface area contributed by atoms with E-state index >= 15 is 0 Å². The molecule has 0 spiro atoms. The lowest BCUT2D eigenvalue weighted by Crippen LogP contribution is -1.96. The van der Waals surface area contributed by atoms with Gasteiger partial charge in [-0.25, -0.2) is 4.98 Å². The van der Waals surface area contributed by atoms with Crippen molar-refractivity contribution in [2.45, 2.75) is 6.92 Å². The van der Waals surface area contributed by atoms with Gasteiger partial charge in [-0.3, -0.25) is 4.79 Å². The number of hydrogen-bond donors (Lipinski definition) is 1. The fourth-order valence-electron chi connectivity index (χ4n) is 0.682. The summed E-state index contributed by atoms with van der Waals surface area (Å²) in [6.07, 6.45) is 0.655. The van der Waals surface area contributed by atoms with Crippen molar-refractivity contribution < 1.29 is 4.79 Å². The standard InChI is InChI=1S/C7H8N2O/c1-5-2-3-6(8)7(4-10)9-5/h2-4H,8H2,1H3. The van der Waals surface area contributed by atoms with Crippen molar-refractivity contribution in [1.29, 1.82) is 0 Å². The number of aldehydes is 1. The molecule has 1 aromatic heterocycles. The van der Waals surface area contributed by atoms with E-state index in [1.807, 2.05) is 6.92 Å². The number of pyridine rings is 1. The molecule has 2 N–H and O–H groups in total. The third-order valence-corrected chi connectivity index (χ3v) is 1.21. The Morgan fingerprint density at radius 3 is 2.80 bits per heavy atom. The molecule has 0 saturated heterocycles. The maximum atomic E-state index is 10.2. The second-order valence-electron chi connectivity index (χ2n) is 2.04. The first-order chi connectivity index (χ1) is 4.74. The number of nitrogens with two attached hydrogens (primary N) is 1. The normalized spacial score (nSPS) is 9.30. The molecule has 1 rings (SSSR count). The van der Waals surface area contributed by atoms with Gasteiger partial charge in [-0.2, -0.15) is 0 Å². The van der Waals surface area contributed by atoms with E-state index in [2.05, 4.69) is 4.98 Å². The number of carbonyl (C=O) groups excluding carboxylic acids is 1. The van der Waals surface area contributed by atoms with Gasteiger partial charge in [0.25, 0.3) is 0 Å². The van der Waals surface area contributed by atoms with Crippen LogP contribution in [0.25, 0.3) is 0 Å². The average molecular weight is 136 g/mol. The number of carbonyl (C=O) groups is 1. The third kappa shape index (κ3) is 1.13. The third-order valence-electron chi connectivity index (χ3n) is 1.21. The number of nitrogen functional groups attached to an aromatic ring is 1. The highest BCUT2D eigenvalue weighted by Crippen LogP contribution is 2.05. The molecule has 10 heavy (non-hydrogen) atoms. The lowest BCUT2D eigenvalue weighted by molar-refractivity contribution is 0.111. The Morgan fingerprint density at radius 1 is 1.60 bits per heavy atom. The van der Waals surface area contributed by atoms with Crippen molar-refractivity contribution in [3.8, 4) is 0 Å². The molecule has 0 atom stereocenters. The quantitative estimate of drug-likeness (QED) is 0.580. The monoisotopic (exact) mass is 136 g/mol. The molecule has 0 unspecified atom stereocenters. The van der Waals surface area contributed by atoms with Crippen LogP contribution in [0.5, 0.6) is 0 Å². The first kappa shape index (κ1) is 6.74. The van der Waals surface area contributed by atoms with Crippen molar-refractivity contribution in [1.82, 2.24) is 4.98 Å². The molecule has 3 heteroatoms. The Kier molecular flexibility index (Phi) is 1.67. The van der Waals surface area contributed by atoms with Crippen molar-refractivity contribution in [3.05, 3.63) is 23.5 Å². The number of nitrogens with zero attached hydrogens (tertiary/aromatic N) is 1. The SMILES string of the molecule is Cc1ccc(N)c(C=O)n1. The van der Waals surface area contributed by atoms with E-state index < -0.39 is 0 Å². The molecule has 0 aliphatic heterocycles. The number of anilines is 1. The van der Waals surface area contributed by atoms with Crippen LogP contribution in [0.15, 0.2) is 12.1 Å². The van der Waals surface area contributed by atoms with Gasteiger partial charge in [0.1, 0.15) is 5.69 Å². The second kappa shape index (κ2) is 2.47. The maximum absolute atomic E-state index is 10.2. The summed E-state index contributed by atoms with van der Waals surface area (Å²) in [7, 11) is 0. The summed E-state index contributed by atoms with van der Waals surface area (Å²) in [5.41, 5.74) is 6.96. The van der Waals surface area contributed by atoms with Gasteiger partial charge in [0.2, 0.25) is 0 Å². The highest BCUT2D eigenvalue weighted by Gasteiger charge is 1.96. The Hall–Kier alpha value is -1.38. The highest BCUT2D eigenvalue weighted by molar-refractivity contribution is 5.80. The molecular weight excluding hydrogens is 128 g/mol.